The third kappa shape index (κ3) is 4.78. The van der Waals surface area contributed by atoms with Crippen LogP contribution in [0.3, 0.4) is 0 Å². The van der Waals surface area contributed by atoms with Crippen molar-refractivity contribution in [2.45, 2.75) is 6.42 Å². The number of hydrogen-bond acceptors (Lipinski definition) is 5. The van der Waals surface area contributed by atoms with Gasteiger partial charge in [-0.3, -0.25) is 9.69 Å². The molecule has 0 saturated carbocycles. The van der Waals surface area contributed by atoms with Gasteiger partial charge in [0.2, 0.25) is 0 Å². The van der Waals surface area contributed by atoms with E-state index in [4.69, 9.17) is 17.0 Å². The Balaban J connectivity index is 1.68. The van der Waals surface area contributed by atoms with E-state index in [0.29, 0.717) is 34.4 Å². The molecule has 0 aromatic heterocycles. The second-order valence-corrected chi connectivity index (χ2v) is 8.75. The minimum absolute atomic E-state index is 0.194. The second kappa shape index (κ2) is 9.34. The molecule has 2 saturated heterocycles. The first-order chi connectivity index (χ1) is 14.5. The smallest absolute Gasteiger partial charge is 0.263 e. The third-order valence-electron chi connectivity index (χ3n) is 5.14. The lowest BCUT2D eigenvalue weighted by molar-refractivity contribution is -0.115. The summed E-state index contributed by atoms with van der Waals surface area (Å²) in [7, 11) is 0. The number of nitrogens with one attached hydrogen (secondary N) is 1. The number of carbonyl (C=O) groups is 1. The van der Waals surface area contributed by atoms with Crippen LogP contribution in [0.2, 0.25) is 0 Å². The zero-order valence-electron chi connectivity index (χ0n) is 16.1. The Morgan fingerprint density at radius 2 is 1.87 bits per heavy atom. The van der Waals surface area contributed by atoms with Gasteiger partial charge in [-0.1, -0.05) is 48.2 Å². The maximum atomic E-state index is 13.7. The lowest BCUT2D eigenvalue weighted by Gasteiger charge is -2.27. The summed E-state index contributed by atoms with van der Waals surface area (Å²) in [5, 5.41) is 2.69. The maximum Gasteiger partial charge on any atom is 0.263 e. The van der Waals surface area contributed by atoms with Gasteiger partial charge >= 0.3 is 0 Å². The number of carbonyl (C=O) groups excluding carboxylic acids is 1. The Morgan fingerprint density at radius 1 is 1.10 bits per heavy atom. The standard InChI is InChI=1S/C22H20F2N2O2S2/c23-18-5-4-15(13-19(18)24)14-2-1-3-16(12-14)17(20-21(27)25-22(29)30-20)6-7-26-8-10-28-11-9-26/h1-5,12-13H,6-11H2,(H,25,27,29)/b20-17-. The van der Waals surface area contributed by atoms with Crippen molar-refractivity contribution < 1.29 is 18.3 Å². The highest BCUT2D eigenvalue weighted by Gasteiger charge is 2.27. The predicted molar refractivity (Wildman–Crippen MR) is 119 cm³/mol. The highest BCUT2D eigenvalue weighted by molar-refractivity contribution is 8.26. The van der Waals surface area contributed by atoms with E-state index in [1.807, 2.05) is 24.3 Å². The minimum atomic E-state index is -0.889. The molecular formula is C22H20F2N2O2S2. The minimum Gasteiger partial charge on any atom is -0.379 e. The fraction of sp³-hybridized carbons (Fsp3) is 0.273. The van der Waals surface area contributed by atoms with Crippen LogP contribution in [-0.2, 0) is 9.53 Å². The molecule has 8 heteroatoms. The zero-order valence-corrected chi connectivity index (χ0v) is 17.8. The SMILES string of the molecule is O=C1NC(=S)S/C1=C(/CCN1CCOCC1)c1cccc(-c2ccc(F)c(F)c2)c1. The first-order valence-corrected chi connectivity index (χ1v) is 10.9. The van der Waals surface area contributed by atoms with Crippen LogP contribution in [0.15, 0.2) is 47.4 Å². The quantitative estimate of drug-likeness (QED) is 0.550. The van der Waals surface area contributed by atoms with Gasteiger partial charge < -0.3 is 10.1 Å². The largest absolute Gasteiger partial charge is 0.379 e. The Hall–Kier alpha value is -2.13. The molecule has 0 aliphatic carbocycles. The Kier molecular flexibility index (Phi) is 6.58. The average molecular weight is 447 g/mol. The van der Waals surface area contributed by atoms with Gasteiger partial charge in [-0.05, 0) is 46.9 Å². The van der Waals surface area contributed by atoms with Crippen molar-refractivity contribution >= 4 is 39.8 Å². The number of morpholine rings is 1. The van der Waals surface area contributed by atoms with E-state index in [1.54, 1.807) is 6.07 Å². The summed E-state index contributed by atoms with van der Waals surface area (Å²) in [6.07, 6.45) is 0.666. The third-order valence-corrected chi connectivity index (χ3v) is 6.41. The van der Waals surface area contributed by atoms with Gasteiger partial charge in [-0.15, -0.1) is 0 Å². The van der Waals surface area contributed by atoms with Gasteiger partial charge in [-0.25, -0.2) is 8.78 Å². The van der Waals surface area contributed by atoms with Crippen LogP contribution in [0.25, 0.3) is 16.7 Å². The van der Waals surface area contributed by atoms with Gasteiger partial charge in [0.15, 0.2) is 11.6 Å². The molecule has 1 N–H and O–H groups in total. The molecule has 0 unspecified atom stereocenters. The molecule has 4 nitrogen and oxygen atoms in total. The van der Waals surface area contributed by atoms with Gasteiger partial charge in [-0.2, -0.15) is 0 Å². The Labute approximate surface area is 183 Å². The fourth-order valence-electron chi connectivity index (χ4n) is 3.56. The molecule has 156 valence electrons. The summed E-state index contributed by atoms with van der Waals surface area (Å²) in [6.45, 7) is 3.91. The van der Waals surface area contributed by atoms with Crippen LogP contribution in [-0.4, -0.2) is 48.0 Å². The van der Waals surface area contributed by atoms with Gasteiger partial charge in [0, 0.05) is 19.6 Å². The number of nitrogens with zero attached hydrogens (tertiary/aromatic N) is 1. The molecule has 4 rings (SSSR count). The van der Waals surface area contributed by atoms with Crippen LogP contribution in [0.1, 0.15) is 12.0 Å². The summed E-state index contributed by atoms with van der Waals surface area (Å²) in [5.74, 6) is -1.96. The van der Waals surface area contributed by atoms with Crippen molar-refractivity contribution in [3.05, 3.63) is 64.6 Å². The molecule has 2 fully saturated rings. The Morgan fingerprint density at radius 3 is 2.57 bits per heavy atom. The summed E-state index contributed by atoms with van der Waals surface area (Å²) < 4.78 is 32.9. The zero-order chi connectivity index (χ0) is 21.1. The van der Waals surface area contributed by atoms with E-state index in [-0.39, 0.29) is 5.91 Å². The molecule has 2 aliphatic heterocycles. The molecule has 0 atom stereocenters. The summed E-state index contributed by atoms with van der Waals surface area (Å²) in [5.41, 5.74) is 3.09. The van der Waals surface area contributed by atoms with Crippen molar-refractivity contribution in [3.8, 4) is 11.1 Å². The molecule has 2 aliphatic rings. The van der Waals surface area contributed by atoms with Crippen molar-refractivity contribution in [2.24, 2.45) is 0 Å². The van der Waals surface area contributed by atoms with Crippen molar-refractivity contribution in [2.75, 3.05) is 32.8 Å². The van der Waals surface area contributed by atoms with Crippen LogP contribution >= 0.6 is 24.0 Å². The van der Waals surface area contributed by atoms with Crippen LogP contribution in [0, 0.1) is 11.6 Å². The van der Waals surface area contributed by atoms with Crippen molar-refractivity contribution in [3.63, 3.8) is 0 Å². The highest BCUT2D eigenvalue weighted by atomic mass is 32.2. The lowest BCUT2D eigenvalue weighted by Crippen LogP contribution is -2.37. The van der Waals surface area contributed by atoms with Gasteiger partial charge in [0.1, 0.15) is 4.32 Å². The fourth-order valence-corrected chi connectivity index (χ4v) is 4.72. The number of rotatable bonds is 5. The molecule has 0 bridgehead atoms. The number of hydrogen-bond donors (Lipinski definition) is 1. The van der Waals surface area contributed by atoms with E-state index in [0.717, 1.165) is 42.4 Å². The van der Waals surface area contributed by atoms with Gasteiger partial charge in [0.05, 0.1) is 18.1 Å². The average Bonchev–Trinajstić information content (AvgIpc) is 3.09. The number of amides is 1. The molecule has 1 amide bonds. The molecular weight excluding hydrogens is 426 g/mol. The van der Waals surface area contributed by atoms with Crippen molar-refractivity contribution in [1.82, 2.24) is 10.2 Å². The first kappa shape index (κ1) is 21.1. The van der Waals surface area contributed by atoms with Crippen molar-refractivity contribution in [1.29, 1.82) is 0 Å². The maximum absolute atomic E-state index is 13.7. The summed E-state index contributed by atoms with van der Waals surface area (Å²) >= 11 is 6.44. The molecule has 30 heavy (non-hydrogen) atoms. The monoisotopic (exact) mass is 446 g/mol. The number of thiocarbonyl (C=S) groups is 1. The van der Waals surface area contributed by atoms with E-state index < -0.39 is 11.6 Å². The van der Waals surface area contributed by atoms with E-state index >= 15 is 0 Å². The highest BCUT2D eigenvalue weighted by Crippen LogP contribution is 2.35. The topological polar surface area (TPSA) is 41.6 Å². The van der Waals surface area contributed by atoms with Crippen LogP contribution in [0.5, 0.6) is 0 Å². The molecule has 2 aromatic rings. The number of thioether (sulfide) groups is 1. The number of benzene rings is 2. The lowest BCUT2D eigenvalue weighted by atomic mass is 9.96. The van der Waals surface area contributed by atoms with Crippen LogP contribution < -0.4 is 5.32 Å². The molecule has 0 spiro atoms. The number of ether oxygens (including phenoxy) is 1. The summed E-state index contributed by atoms with van der Waals surface area (Å²) in [4.78, 5) is 15.4. The molecule has 2 aromatic carbocycles. The normalized spacial score (nSPS) is 19.1. The molecule has 0 radical (unpaired) electrons. The summed E-state index contributed by atoms with van der Waals surface area (Å²) in [6, 6.07) is 11.4. The van der Waals surface area contributed by atoms with E-state index in [9.17, 15) is 13.6 Å². The second-order valence-electron chi connectivity index (χ2n) is 7.07. The number of halogens is 2. The molecule has 2 heterocycles. The van der Waals surface area contributed by atoms with Crippen LogP contribution in [0.4, 0.5) is 8.78 Å². The van der Waals surface area contributed by atoms with E-state index in [1.165, 1.54) is 17.8 Å². The van der Waals surface area contributed by atoms with Gasteiger partial charge in [0.25, 0.3) is 5.91 Å². The Bertz CT molecular complexity index is 1020. The predicted octanol–water partition coefficient (Wildman–Crippen LogP) is 4.21. The van der Waals surface area contributed by atoms with E-state index in [2.05, 4.69) is 10.2 Å². The first-order valence-electron chi connectivity index (χ1n) is 9.63.